The van der Waals surface area contributed by atoms with Crippen LogP contribution in [0.5, 0.6) is 0 Å². The minimum absolute atomic E-state index is 0.223. The third-order valence-corrected chi connectivity index (χ3v) is 9.79. The van der Waals surface area contributed by atoms with Gasteiger partial charge in [0.1, 0.15) is 0 Å². The van der Waals surface area contributed by atoms with Crippen molar-refractivity contribution in [3.63, 3.8) is 0 Å². The molecule has 0 aliphatic heterocycles. The Kier molecular flexibility index (Phi) is 8.67. The summed E-state index contributed by atoms with van der Waals surface area (Å²) in [4.78, 5) is 11.7. The number of carbonyl (C=O) groups is 1. The van der Waals surface area contributed by atoms with Gasteiger partial charge in [-0.05, 0) is 92.6 Å². The molecule has 4 fully saturated rings. The van der Waals surface area contributed by atoms with Gasteiger partial charge in [0.25, 0.3) is 0 Å². The molecule has 0 spiro atoms. The summed E-state index contributed by atoms with van der Waals surface area (Å²) in [6, 6.07) is 0. The highest BCUT2D eigenvalue weighted by Crippen LogP contribution is 2.59. The molecule has 0 saturated heterocycles. The van der Waals surface area contributed by atoms with E-state index in [1.807, 2.05) is 12.2 Å². The third-order valence-electron chi connectivity index (χ3n) is 9.79. The molecule has 0 aromatic rings. The van der Waals surface area contributed by atoms with Gasteiger partial charge in [0, 0.05) is 17.9 Å². The Morgan fingerprint density at radius 1 is 1.19 bits per heavy atom. The van der Waals surface area contributed by atoms with E-state index in [1.54, 1.807) is 6.92 Å². The standard InChI is InChI=1S/C32H46O5/c1-5-37-30(36)14-16-32(17-18-32)29(35)13-8-21(2)26-11-12-27-23(7-6-15-31(26,27)4)9-10-24-19-25(33)20-28(34)22(24)3/h8-10,13-14,16,21,25-29,33-35H,3,5-7,11-12,15,17-20H2,1-2,4H3/b13-8+,16-14+,23-9+,24-10+/t21-,25-,26-,27+,28+,29-,31-/m1/s1. The molecule has 0 aromatic heterocycles. The van der Waals surface area contributed by atoms with Crippen LogP contribution in [0.4, 0.5) is 0 Å². The maximum absolute atomic E-state index is 11.7. The van der Waals surface area contributed by atoms with Gasteiger partial charge in [-0.2, -0.15) is 0 Å². The highest BCUT2D eigenvalue weighted by atomic mass is 16.5. The number of ether oxygens (including phenoxy) is 1. The average molecular weight is 511 g/mol. The quantitative estimate of drug-likeness (QED) is 0.225. The summed E-state index contributed by atoms with van der Waals surface area (Å²) in [6.45, 7) is 10.9. The molecule has 4 rings (SSSR count). The minimum Gasteiger partial charge on any atom is -0.463 e. The van der Waals surface area contributed by atoms with Crippen molar-refractivity contribution >= 4 is 5.97 Å². The Labute approximate surface area is 222 Å². The highest BCUT2D eigenvalue weighted by Gasteiger charge is 2.50. The van der Waals surface area contributed by atoms with Crippen LogP contribution in [0.25, 0.3) is 0 Å². The fourth-order valence-electron chi connectivity index (χ4n) is 7.34. The van der Waals surface area contributed by atoms with Crippen molar-refractivity contribution in [2.45, 2.75) is 96.9 Å². The van der Waals surface area contributed by atoms with Crippen LogP contribution in [0.1, 0.15) is 78.6 Å². The monoisotopic (exact) mass is 510 g/mol. The molecule has 0 radical (unpaired) electrons. The van der Waals surface area contributed by atoms with E-state index < -0.39 is 18.3 Å². The molecule has 5 nitrogen and oxygen atoms in total. The largest absolute Gasteiger partial charge is 0.463 e. The second-order valence-corrected chi connectivity index (χ2v) is 12.2. The van der Waals surface area contributed by atoms with Gasteiger partial charge in [-0.25, -0.2) is 4.79 Å². The Hall–Kier alpha value is -1.95. The fourth-order valence-corrected chi connectivity index (χ4v) is 7.34. The molecule has 7 atom stereocenters. The molecule has 5 heteroatoms. The van der Waals surface area contributed by atoms with Crippen LogP contribution in [0.15, 0.2) is 59.8 Å². The summed E-state index contributed by atoms with van der Waals surface area (Å²) in [6.07, 6.45) is 18.6. The van der Waals surface area contributed by atoms with E-state index >= 15 is 0 Å². The molecular formula is C32H46O5. The molecule has 204 valence electrons. The van der Waals surface area contributed by atoms with Crippen LogP contribution in [0.2, 0.25) is 0 Å². The Balaban J connectivity index is 1.43. The van der Waals surface area contributed by atoms with Crippen molar-refractivity contribution in [3.8, 4) is 0 Å². The van der Waals surface area contributed by atoms with Crippen molar-refractivity contribution < 1.29 is 24.9 Å². The van der Waals surface area contributed by atoms with E-state index in [0.29, 0.717) is 37.2 Å². The summed E-state index contributed by atoms with van der Waals surface area (Å²) in [5, 5.41) is 31.2. The van der Waals surface area contributed by atoms with Gasteiger partial charge >= 0.3 is 5.97 Å². The van der Waals surface area contributed by atoms with Crippen molar-refractivity contribution in [2.24, 2.45) is 28.6 Å². The molecule has 0 heterocycles. The van der Waals surface area contributed by atoms with E-state index in [-0.39, 0.29) is 16.8 Å². The van der Waals surface area contributed by atoms with E-state index in [1.165, 1.54) is 37.3 Å². The zero-order valence-electron chi connectivity index (χ0n) is 22.9. The van der Waals surface area contributed by atoms with Gasteiger partial charge in [0.2, 0.25) is 0 Å². The Morgan fingerprint density at radius 2 is 1.95 bits per heavy atom. The second-order valence-electron chi connectivity index (χ2n) is 12.2. The van der Waals surface area contributed by atoms with Crippen molar-refractivity contribution in [1.29, 1.82) is 0 Å². The van der Waals surface area contributed by atoms with Crippen molar-refractivity contribution in [3.05, 3.63) is 59.8 Å². The number of fused-ring (bicyclic) bond motifs is 1. The van der Waals surface area contributed by atoms with Gasteiger partial charge < -0.3 is 20.1 Å². The zero-order valence-corrected chi connectivity index (χ0v) is 22.9. The molecule has 0 bridgehead atoms. The highest BCUT2D eigenvalue weighted by molar-refractivity contribution is 5.82. The molecule has 0 unspecified atom stereocenters. The molecule has 4 saturated carbocycles. The predicted octanol–water partition coefficient (Wildman–Crippen LogP) is 5.58. The summed E-state index contributed by atoms with van der Waals surface area (Å²) >= 11 is 0. The summed E-state index contributed by atoms with van der Waals surface area (Å²) < 4.78 is 4.99. The lowest BCUT2D eigenvalue weighted by Crippen LogP contribution is -2.35. The topological polar surface area (TPSA) is 87.0 Å². The minimum atomic E-state index is -0.653. The van der Waals surface area contributed by atoms with Crippen molar-refractivity contribution in [2.75, 3.05) is 6.61 Å². The van der Waals surface area contributed by atoms with Crippen LogP contribution < -0.4 is 0 Å². The average Bonchev–Trinajstić information content (AvgIpc) is 3.57. The van der Waals surface area contributed by atoms with Crippen LogP contribution in [-0.4, -0.2) is 46.2 Å². The molecule has 37 heavy (non-hydrogen) atoms. The normalized spacial score (nSPS) is 37.3. The number of esters is 1. The SMILES string of the molecule is C=C1/C(=C/C=C2\CCC[C@]3(C)[C@@H]([C@H](C)/C=C/[C@@H](O)C4(/C=C/C(=O)OCC)CC4)CC[C@@H]23)C[C@@H](O)C[C@@H]1O. The molecule has 0 amide bonds. The van der Waals surface area contributed by atoms with Gasteiger partial charge in [-0.15, -0.1) is 0 Å². The number of hydrogen-bond acceptors (Lipinski definition) is 5. The molecule has 0 aromatic carbocycles. The van der Waals surface area contributed by atoms with Gasteiger partial charge in [-0.1, -0.05) is 56.4 Å². The van der Waals surface area contributed by atoms with E-state index in [9.17, 15) is 20.1 Å². The summed E-state index contributed by atoms with van der Waals surface area (Å²) in [7, 11) is 0. The summed E-state index contributed by atoms with van der Waals surface area (Å²) in [5.74, 6) is 1.10. The van der Waals surface area contributed by atoms with Crippen LogP contribution in [0.3, 0.4) is 0 Å². The molecule has 4 aliphatic carbocycles. The van der Waals surface area contributed by atoms with Crippen LogP contribution in [0, 0.1) is 28.6 Å². The number of carbonyl (C=O) groups excluding carboxylic acids is 1. The predicted molar refractivity (Wildman–Crippen MR) is 146 cm³/mol. The van der Waals surface area contributed by atoms with E-state index in [2.05, 4.69) is 38.7 Å². The second kappa shape index (κ2) is 11.4. The number of rotatable bonds is 8. The third kappa shape index (κ3) is 6.05. The van der Waals surface area contributed by atoms with E-state index in [0.717, 1.165) is 30.4 Å². The first-order chi connectivity index (χ1) is 17.6. The number of aliphatic hydroxyl groups is 3. The number of aliphatic hydroxyl groups excluding tert-OH is 3. The maximum atomic E-state index is 11.7. The fraction of sp³-hybridized carbons (Fsp3) is 0.656. The smallest absolute Gasteiger partial charge is 0.330 e. The van der Waals surface area contributed by atoms with Crippen LogP contribution in [-0.2, 0) is 9.53 Å². The van der Waals surface area contributed by atoms with Crippen LogP contribution >= 0.6 is 0 Å². The molecule has 3 N–H and O–H groups in total. The maximum Gasteiger partial charge on any atom is 0.330 e. The van der Waals surface area contributed by atoms with Gasteiger partial charge in [0.05, 0.1) is 24.9 Å². The lowest BCUT2D eigenvalue weighted by Gasteiger charge is -2.44. The molecular weight excluding hydrogens is 464 g/mol. The van der Waals surface area contributed by atoms with E-state index in [4.69, 9.17) is 4.74 Å². The first-order valence-electron chi connectivity index (χ1n) is 14.3. The number of hydrogen-bond donors (Lipinski definition) is 3. The summed E-state index contributed by atoms with van der Waals surface area (Å²) in [5.41, 5.74) is 3.10. The van der Waals surface area contributed by atoms with Gasteiger partial charge in [0.15, 0.2) is 0 Å². The lowest BCUT2D eigenvalue weighted by molar-refractivity contribution is -0.137. The van der Waals surface area contributed by atoms with Gasteiger partial charge in [-0.3, -0.25) is 0 Å². The lowest BCUT2D eigenvalue weighted by atomic mass is 9.61. The first-order valence-corrected chi connectivity index (χ1v) is 14.3. The number of allylic oxidation sites excluding steroid dienone is 4. The molecule has 4 aliphatic rings. The van der Waals surface area contributed by atoms with Crippen molar-refractivity contribution in [1.82, 2.24) is 0 Å². The first kappa shape index (κ1) is 28.1. The Bertz CT molecular complexity index is 983. The zero-order chi connectivity index (χ0) is 26.8. The Morgan fingerprint density at radius 3 is 2.65 bits per heavy atom.